The molecule has 114 valence electrons. The third kappa shape index (κ3) is 2.77. The summed E-state index contributed by atoms with van der Waals surface area (Å²) < 4.78 is 16.0. The van der Waals surface area contributed by atoms with Crippen molar-refractivity contribution in [3.63, 3.8) is 0 Å². The molecule has 0 radical (unpaired) electrons. The van der Waals surface area contributed by atoms with Crippen molar-refractivity contribution in [2.45, 2.75) is 6.42 Å². The highest BCUT2D eigenvalue weighted by molar-refractivity contribution is 6.01. The first-order chi connectivity index (χ1) is 10.7. The van der Waals surface area contributed by atoms with E-state index < -0.39 is 0 Å². The van der Waals surface area contributed by atoms with Gasteiger partial charge in [0.25, 0.3) is 0 Å². The van der Waals surface area contributed by atoms with Crippen LogP contribution < -0.4 is 14.2 Å². The minimum absolute atomic E-state index is 0.125. The summed E-state index contributed by atoms with van der Waals surface area (Å²) >= 11 is 0. The van der Waals surface area contributed by atoms with Gasteiger partial charge < -0.3 is 14.2 Å². The molecule has 0 fully saturated rings. The molecule has 0 saturated heterocycles. The Morgan fingerprint density at radius 3 is 2.41 bits per heavy atom. The molecule has 1 unspecified atom stereocenters. The van der Waals surface area contributed by atoms with Gasteiger partial charge in [0.15, 0.2) is 5.78 Å². The van der Waals surface area contributed by atoms with E-state index in [1.165, 1.54) is 0 Å². The number of methoxy groups -OCH3 is 2. The van der Waals surface area contributed by atoms with E-state index >= 15 is 0 Å². The second-order valence-electron chi connectivity index (χ2n) is 5.29. The van der Waals surface area contributed by atoms with Crippen LogP contribution in [0, 0.1) is 5.92 Å². The van der Waals surface area contributed by atoms with Crippen molar-refractivity contribution in [2.24, 2.45) is 5.92 Å². The Morgan fingerprint density at radius 2 is 1.73 bits per heavy atom. The third-order valence-corrected chi connectivity index (χ3v) is 3.91. The van der Waals surface area contributed by atoms with Crippen LogP contribution in [-0.4, -0.2) is 26.6 Å². The van der Waals surface area contributed by atoms with Crippen molar-refractivity contribution in [3.05, 3.63) is 53.6 Å². The molecule has 2 aromatic carbocycles. The van der Waals surface area contributed by atoms with Crippen molar-refractivity contribution in [3.8, 4) is 17.2 Å². The minimum atomic E-state index is -0.158. The summed E-state index contributed by atoms with van der Waals surface area (Å²) in [5.74, 6) is 2.08. The van der Waals surface area contributed by atoms with Crippen LogP contribution in [0.3, 0.4) is 0 Å². The summed E-state index contributed by atoms with van der Waals surface area (Å²) in [6.07, 6.45) is 0.661. The van der Waals surface area contributed by atoms with Gasteiger partial charge in [0, 0.05) is 6.07 Å². The van der Waals surface area contributed by atoms with Gasteiger partial charge in [-0.1, -0.05) is 12.1 Å². The van der Waals surface area contributed by atoms with Gasteiger partial charge in [-0.25, -0.2) is 0 Å². The average molecular weight is 298 g/mol. The van der Waals surface area contributed by atoms with Crippen molar-refractivity contribution >= 4 is 5.78 Å². The van der Waals surface area contributed by atoms with Gasteiger partial charge in [0.2, 0.25) is 0 Å². The molecule has 0 N–H and O–H groups in total. The fourth-order valence-electron chi connectivity index (χ4n) is 2.64. The molecular formula is C18H18O4. The zero-order valence-electron chi connectivity index (χ0n) is 12.7. The summed E-state index contributed by atoms with van der Waals surface area (Å²) in [4.78, 5) is 12.6. The van der Waals surface area contributed by atoms with E-state index in [1.54, 1.807) is 32.4 Å². The van der Waals surface area contributed by atoms with Crippen LogP contribution in [0.15, 0.2) is 42.5 Å². The molecule has 1 aliphatic rings. The lowest BCUT2D eigenvalue weighted by atomic mass is 9.89. The number of ketones is 1. The first-order valence-corrected chi connectivity index (χ1v) is 7.19. The molecule has 0 bridgehead atoms. The van der Waals surface area contributed by atoms with Crippen molar-refractivity contribution in [1.29, 1.82) is 0 Å². The number of Topliss-reactive ketones (excluding diaryl/α,β-unsaturated/α-hetero) is 1. The molecule has 0 aliphatic carbocycles. The maximum Gasteiger partial charge on any atom is 0.173 e. The molecule has 22 heavy (non-hydrogen) atoms. The highest BCUT2D eigenvalue weighted by Gasteiger charge is 2.29. The highest BCUT2D eigenvalue weighted by atomic mass is 16.5. The lowest BCUT2D eigenvalue weighted by molar-refractivity contribution is 0.0830. The van der Waals surface area contributed by atoms with Gasteiger partial charge in [-0.3, -0.25) is 4.79 Å². The fourth-order valence-corrected chi connectivity index (χ4v) is 2.64. The zero-order valence-corrected chi connectivity index (χ0v) is 12.7. The third-order valence-electron chi connectivity index (χ3n) is 3.91. The smallest absolute Gasteiger partial charge is 0.173 e. The number of carbonyl (C=O) groups excluding carboxylic acids is 1. The number of fused-ring (bicyclic) bond motifs is 1. The van der Waals surface area contributed by atoms with Crippen LogP contribution >= 0.6 is 0 Å². The number of rotatable bonds is 4. The SMILES string of the molecule is COc1ccc(CC2COc3cc(OC)ccc3C2=O)cc1. The minimum Gasteiger partial charge on any atom is -0.497 e. The van der Waals surface area contributed by atoms with E-state index in [0.717, 1.165) is 11.3 Å². The maximum atomic E-state index is 12.6. The number of hydrogen-bond donors (Lipinski definition) is 0. The molecule has 0 spiro atoms. The van der Waals surface area contributed by atoms with Crippen LogP contribution in [0.1, 0.15) is 15.9 Å². The van der Waals surface area contributed by atoms with Crippen molar-refractivity contribution < 1.29 is 19.0 Å². The predicted molar refractivity (Wildman–Crippen MR) is 83.0 cm³/mol. The van der Waals surface area contributed by atoms with Crippen molar-refractivity contribution in [2.75, 3.05) is 20.8 Å². The van der Waals surface area contributed by atoms with Gasteiger partial charge >= 0.3 is 0 Å². The molecule has 1 atom stereocenters. The topological polar surface area (TPSA) is 44.8 Å². The average Bonchev–Trinajstić information content (AvgIpc) is 2.57. The largest absolute Gasteiger partial charge is 0.497 e. The molecule has 0 saturated carbocycles. The van der Waals surface area contributed by atoms with Crippen molar-refractivity contribution in [1.82, 2.24) is 0 Å². The molecule has 3 rings (SSSR count). The Morgan fingerprint density at radius 1 is 1.05 bits per heavy atom. The number of benzene rings is 2. The normalized spacial score (nSPS) is 16.6. The molecular weight excluding hydrogens is 280 g/mol. The van der Waals surface area contributed by atoms with E-state index in [2.05, 4.69) is 0 Å². The first kappa shape index (κ1) is 14.4. The van der Waals surface area contributed by atoms with E-state index in [0.29, 0.717) is 30.1 Å². The Hall–Kier alpha value is -2.49. The molecule has 4 nitrogen and oxygen atoms in total. The zero-order chi connectivity index (χ0) is 15.5. The summed E-state index contributed by atoms with van der Waals surface area (Å²) in [6.45, 7) is 0.394. The quantitative estimate of drug-likeness (QED) is 0.870. The Kier molecular flexibility index (Phi) is 4.00. The van der Waals surface area contributed by atoms with E-state index in [9.17, 15) is 4.79 Å². The first-order valence-electron chi connectivity index (χ1n) is 7.19. The number of hydrogen-bond acceptors (Lipinski definition) is 4. The number of ether oxygens (including phenoxy) is 3. The Bertz CT molecular complexity index is 676. The monoisotopic (exact) mass is 298 g/mol. The molecule has 4 heteroatoms. The summed E-state index contributed by atoms with van der Waals surface area (Å²) in [6, 6.07) is 13.1. The van der Waals surface area contributed by atoms with Gasteiger partial charge in [0.1, 0.15) is 17.2 Å². The standard InChI is InChI=1S/C18H18O4/c1-20-14-5-3-12(4-6-14)9-13-11-22-17-10-15(21-2)7-8-16(17)18(13)19/h3-8,10,13H,9,11H2,1-2H3. The second-order valence-corrected chi connectivity index (χ2v) is 5.29. The highest BCUT2D eigenvalue weighted by Crippen LogP contribution is 2.32. The molecule has 0 amide bonds. The van der Waals surface area contributed by atoms with Gasteiger partial charge in [-0.05, 0) is 36.2 Å². The van der Waals surface area contributed by atoms with E-state index in [1.807, 2.05) is 24.3 Å². The van der Waals surface area contributed by atoms with E-state index in [-0.39, 0.29) is 11.7 Å². The molecule has 1 aliphatic heterocycles. The Balaban J connectivity index is 1.77. The van der Waals surface area contributed by atoms with Gasteiger partial charge in [-0.15, -0.1) is 0 Å². The predicted octanol–water partition coefficient (Wildman–Crippen LogP) is 3.14. The molecule has 2 aromatic rings. The van der Waals surface area contributed by atoms with Crippen LogP contribution in [0.5, 0.6) is 17.2 Å². The Labute approximate surface area is 129 Å². The molecule has 0 aromatic heterocycles. The lowest BCUT2D eigenvalue weighted by Crippen LogP contribution is -2.29. The van der Waals surface area contributed by atoms with Crippen LogP contribution in [0.25, 0.3) is 0 Å². The van der Waals surface area contributed by atoms with Gasteiger partial charge in [-0.2, -0.15) is 0 Å². The van der Waals surface area contributed by atoms with Crippen LogP contribution in [-0.2, 0) is 6.42 Å². The van der Waals surface area contributed by atoms with E-state index in [4.69, 9.17) is 14.2 Å². The fraction of sp³-hybridized carbons (Fsp3) is 0.278. The van der Waals surface area contributed by atoms with Crippen LogP contribution in [0.4, 0.5) is 0 Å². The molecule has 1 heterocycles. The van der Waals surface area contributed by atoms with Gasteiger partial charge in [0.05, 0.1) is 32.3 Å². The maximum absolute atomic E-state index is 12.6. The lowest BCUT2D eigenvalue weighted by Gasteiger charge is -2.24. The number of carbonyl (C=O) groups is 1. The summed E-state index contributed by atoms with van der Waals surface area (Å²) in [7, 11) is 3.23. The second kappa shape index (κ2) is 6.10. The summed E-state index contributed by atoms with van der Waals surface area (Å²) in [5, 5.41) is 0. The summed E-state index contributed by atoms with van der Waals surface area (Å²) in [5.41, 5.74) is 1.73. The van der Waals surface area contributed by atoms with Crippen LogP contribution in [0.2, 0.25) is 0 Å².